The molecule has 0 spiro atoms. The van der Waals surface area contributed by atoms with Crippen LogP contribution in [0.5, 0.6) is 0 Å². The van der Waals surface area contributed by atoms with Gasteiger partial charge in [0.25, 0.3) is 0 Å². The summed E-state index contributed by atoms with van der Waals surface area (Å²) >= 11 is 0. The number of carbonyl (C=O) groups is 1. The Hall–Kier alpha value is -3.01. The van der Waals surface area contributed by atoms with Gasteiger partial charge in [-0.25, -0.2) is 0 Å². The third-order valence-electron chi connectivity index (χ3n) is 4.56. The molecule has 4 nitrogen and oxygen atoms in total. The number of aldehydes is 1. The van der Waals surface area contributed by atoms with Crippen molar-refractivity contribution in [1.29, 1.82) is 0 Å². The Morgan fingerprint density at radius 2 is 1.89 bits per heavy atom. The van der Waals surface area contributed by atoms with Gasteiger partial charge in [-0.1, -0.05) is 56.7 Å². The molecule has 3 aromatic rings. The van der Waals surface area contributed by atoms with Gasteiger partial charge in [0, 0.05) is 17.2 Å². The van der Waals surface area contributed by atoms with E-state index in [0.29, 0.717) is 17.3 Å². The second kappa shape index (κ2) is 9.08. The Kier molecular flexibility index (Phi) is 6.31. The average molecular weight is 360 g/mol. The van der Waals surface area contributed by atoms with E-state index >= 15 is 0 Å². The van der Waals surface area contributed by atoms with Crippen molar-refractivity contribution in [3.05, 3.63) is 71.1 Å². The smallest absolute Gasteiger partial charge is 0.248 e. The van der Waals surface area contributed by atoms with Crippen molar-refractivity contribution >= 4 is 17.9 Å². The summed E-state index contributed by atoms with van der Waals surface area (Å²) in [5, 5.41) is 8.45. The SMILES string of the molecule is CCCC/C(=C\c1nnc(-c2ccc(C=O)cc2CC)o1)c1ccccc1. The zero-order chi connectivity index (χ0) is 19.1. The number of carbonyl (C=O) groups excluding carboxylic acids is 1. The molecule has 1 heterocycles. The molecule has 0 amide bonds. The summed E-state index contributed by atoms with van der Waals surface area (Å²) in [6.07, 6.45) is 6.82. The maximum atomic E-state index is 11.0. The number of rotatable bonds is 8. The van der Waals surface area contributed by atoms with Crippen LogP contribution in [-0.2, 0) is 6.42 Å². The Balaban J connectivity index is 1.94. The lowest BCUT2D eigenvalue weighted by molar-refractivity contribution is 0.112. The van der Waals surface area contributed by atoms with E-state index in [1.54, 1.807) is 6.07 Å². The van der Waals surface area contributed by atoms with Crippen LogP contribution in [0, 0.1) is 0 Å². The third-order valence-corrected chi connectivity index (χ3v) is 4.56. The van der Waals surface area contributed by atoms with Crippen LogP contribution >= 0.6 is 0 Å². The number of aryl methyl sites for hydroxylation is 1. The van der Waals surface area contributed by atoms with Crippen LogP contribution in [0.15, 0.2) is 52.9 Å². The van der Waals surface area contributed by atoms with Crippen LogP contribution in [0.1, 0.15) is 60.5 Å². The van der Waals surface area contributed by atoms with Gasteiger partial charge in [0.1, 0.15) is 6.29 Å². The molecular formula is C23H24N2O2. The first-order chi connectivity index (χ1) is 13.2. The molecule has 27 heavy (non-hydrogen) atoms. The Morgan fingerprint density at radius 1 is 1.07 bits per heavy atom. The molecule has 0 unspecified atom stereocenters. The number of nitrogens with zero attached hydrogens (tertiary/aromatic N) is 2. The van der Waals surface area contributed by atoms with Crippen molar-refractivity contribution in [3.63, 3.8) is 0 Å². The summed E-state index contributed by atoms with van der Waals surface area (Å²) in [5.41, 5.74) is 4.93. The van der Waals surface area contributed by atoms with Gasteiger partial charge in [0.15, 0.2) is 0 Å². The van der Waals surface area contributed by atoms with E-state index in [1.165, 1.54) is 11.1 Å². The number of hydrogen-bond acceptors (Lipinski definition) is 4. The Bertz CT molecular complexity index is 927. The summed E-state index contributed by atoms with van der Waals surface area (Å²) in [4.78, 5) is 11.0. The van der Waals surface area contributed by atoms with Crippen molar-refractivity contribution in [2.45, 2.75) is 39.5 Å². The summed E-state index contributed by atoms with van der Waals surface area (Å²) in [6.45, 7) is 4.23. The van der Waals surface area contributed by atoms with Gasteiger partial charge in [-0.15, -0.1) is 10.2 Å². The van der Waals surface area contributed by atoms with Crippen LogP contribution in [0.4, 0.5) is 0 Å². The predicted octanol–water partition coefficient (Wildman–Crippen LogP) is 5.84. The van der Waals surface area contributed by atoms with Crippen LogP contribution in [0.25, 0.3) is 23.1 Å². The number of benzene rings is 2. The first-order valence-corrected chi connectivity index (χ1v) is 9.43. The highest BCUT2D eigenvalue weighted by Crippen LogP contribution is 2.27. The van der Waals surface area contributed by atoms with Crippen molar-refractivity contribution < 1.29 is 9.21 Å². The number of hydrogen-bond donors (Lipinski definition) is 0. The lowest BCUT2D eigenvalue weighted by Crippen LogP contribution is -1.91. The highest BCUT2D eigenvalue weighted by Gasteiger charge is 2.13. The quantitative estimate of drug-likeness (QED) is 0.473. The highest BCUT2D eigenvalue weighted by molar-refractivity contribution is 5.80. The molecule has 0 aliphatic heterocycles. The lowest BCUT2D eigenvalue weighted by atomic mass is 10.00. The summed E-state index contributed by atoms with van der Waals surface area (Å²) < 4.78 is 5.93. The Morgan fingerprint density at radius 3 is 2.59 bits per heavy atom. The van der Waals surface area contributed by atoms with Crippen LogP contribution in [0.3, 0.4) is 0 Å². The fraction of sp³-hybridized carbons (Fsp3) is 0.261. The molecule has 0 aliphatic rings. The first-order valence-electron chi connectivity index (χ1n) is 9.43. The molecular weight excluding hydrogens is 336 g/mol. The molecule has 0 atom stereocenters. The zero-order valence-electron chi connectivity index (χ0n) is 15.8. The molecule has 1 aromatic heterocycles. The fourth-order valence-electron chi connectivity index (χ4n) is 3.06. The van der Waals surface area contributed by atoms with E-state index in [-0.39, 0.29) is 0 Å². The van der Waals surface area contributed by atoms with Gasteiger partial charge in [-0.3, -0.25) is 4.79 Å². The largest absolute Gasteiger partial charge is 0.417 e. The molecule has 0 saturated carbocycles. The molecule has 0 saturated heterocycles. The monoisotopic (exact) mass is 360 g/mol. The maximum Gasteiger partial charge on any atom is 0.248 e. The average Bonchev–Trinajstić information content (AvgIpc) is 3.19. The van der Waals surface area contributed by atoms with Crippen molar-refractivity contribution in [2.75, 3.05) is 0 Å². The normalized spacial score (nSPS) is 11.6. The summed E-state index contributed by atoms with van der Waals surface area (Å²) in [5.74, 6) is 0.986. The van der Waals surface area contributed by atoms with E-state index in [9.17, 15) is 4.79 Å². The number of aromatic nitrogens is 2. The molecule has 0 bridgehead atoms. The molecule has 0 N–H and O–H groups in total. The van der Waals surface area contributed by atoms with E-state index in [4.69, 9.17) is 4.42 Å². The minimum absolute atomic E-state index is 0.485. The summed E-state index contributed by atoms with van der Waals surface area (Å²) in [7, 11) is 0. The zero-order valence-corrected chi connectivity index (χ0v) is 15.8. The lowest BCUT2D eigenvalue weighted by Gasteiger charge is -2.06. The van der Waals surface area contributed by atoms with Gasteiger partial charge in [0.05, 0.1) is 0 Å². The molecule has 0 aliphatic carbocycles. The van der Waals surface area contributed by atoms with Crippen molar-refractivity contribution in [1.82, 2.24) is 10.2 Å². The van der Waals surface area contributed by atoms with E-state index in [1.807, 2.05) is 43.3 Å². The minimum Gasteiger partial charge on any atom is -0.417 e. The van der Waals surface area contributed by atoms with Crippen LogP contribution in [-0.4, -0.2) is 16.5 Å². The number of allylic oxidation sites excluding steroid dienone is 1. The van der Waals surface area contributed by atoms with E-state index in [0.717, 1.165) is 43.1 Å². The molecule has 4 heteroatoms. The standard InChI is InChI=1S/C23H24N2O2/c1-3-5-9-20(19-10-7-6-8-11-19)15-22-24-25-23(27-22)21-13-12-17(16-26)14-18(21)4-2/h6-8,10-16H,3-5,9H2,1-2H3/b20-15+. The molecule has 138 valence electrons. The first kappa shape index (κ1) is 18.8. The Labute approximate surface area is 160 Å². The number of unbranched alkanes of at least 4 members (excludes halogenated alkanes) is 1. The summed E-state index contributed by atoms with van der Waals surface area (Å²) in [6, 6.07) is 15.8. The molecule has 3 rings (SSSR count). The van der Waals surface area contributed by atoms with E-state index in [2.05, 4.69) is 29.3 Å². The second-order valence-electron chi connectivity index (χ2n) is 6.47. The van der Waals surface area contributed by atoms with Crippen molar-refractivity contribution in [3.8, 4) is 11.5 Å². The topological polar surface area (TPSA) is 56.0 Å². The third kappa shape index (κ3) is 4.59. The van der Waals surface area contributed by atoms with Gasteiger partial charge in [-0.05, 0) is 48.1 Å². The predicted molar refractivity (Wildman–Crippen MR) is 108 cm³/mol. The molecule has 0 fully saturated rings. The second-order valence-corrected chi connectivity index (χ2v) is 6.47. The fourth-order valence-corrected chi connectivity index (χ4v) is 3.06. The van der Waals surface area contributed by atoms with E-state index < -0.39 is 0 Å². The van der Waals surface area contributed by atoms with Gasteiger partial charge >= 0.3 is 0 Å². The van der Waals surface area contributed by atoms with Gasteiger partial charge in [0.2, 0.25) is 11.8 Å². The van der Waals surface area contributed by atoms with Crippen LogP contribution in [0.2, 0.25) is 0 Å². The van der Waals surface area contributed by atoms with Crippen LogP contribution < -0.4 is 0 Å². The van der Waals surface area contributed by atoms with Crippen molar-refractivity contribution in [2.24, 2.45) is 0 Å². The molecule has 2 aromatic carbocycles. The minimum atomic E-state index is 0.485. The van der Waals surface area contributed by atoms with Gasteiger partial charge < -0.3 is 4.42 Å². The maximum absolute atomic E-state index is 11.0. The highest BCUT2D eigenvalue weighted by atomic mass is 16.4. The molecule has 0 radical (unpaired) electrons. The van der Waals surface area contributed by atoms with Gasteiger partial charge in [-0.2, -0.15) is 0 Å².